The lowest BCUT2D eigenvalue weighted by molar-refractivity contribution is 0.400. The number of halogens is 1. The van der Waals surface area contributed by atoms with Crippen LogP contribution in [0.25, 0.3) is 50.7 Å². The van der Waals surface area contributed by atoms with Crippen LogP contribution in [0.3, 0.4) is 0 Å². The van der Waals surface area contributed by atoms with Gasteiger partial charge in [-0.3, -0.25) is 0 Å². The molecule has 0 spiro atoms. The van der Waals surface area contributed by atoms with E-state index in [1.165, 1.54) is 284 Å². The summed E-state index contributed by atoms with van der Waals surface area (Å²) in [6.45, 7) is 11.7. The van der Waals surface area contributed by atoms with Crippen molar-refractivity contribution in [3.05, 3.63) is 44.1 Å². The first-order chi connectivity index (χ1) is 32.9. The molecule has 5 heterocycles. The van der Waals surface area contributed by atoms with Gasteiger partial charge in [-0.15, -0.1) is 45.3 Å². The van der Waals surface area contributed by atoms with Crippen LogP contribution in [0.2, 0.25) is 0 Å². The van der Waals surface area contributed by atoms with Crippen LogP contribution in [0.15, 0.2) is 28.1 Å². The highest BCUT2D eigenvalue weighted by atomic mass is 79.9. The van der Waals surface area contributed by atoms with Gasteiger partial charge in [0.1, 0.15) is 11.0 Å². The van der Waals surface area contributed by atoms with Crippen LogP contribution >= 0.6 is 73.0 Å². The molecule has 0 aliphatic heterocycles. The summed E-state index contributed by atoms with van der Waals surface area (Å²) >= 11 is 13.4. The first-order valence-electron chi connectivity index (χ1n) is 27.9. The van der Waals surface area contributed by atoms with Crippen molar-refractivity contribution in [3.8, 4) is 19.5 Å². The maximum Gasteiger partial charge on any atom is 0.114 e. The van der Waals surface area contributed by atoms with Crippen LogP contribution in [0.1, 0.15) is 249 Å². The molecule has 2 nitrogen and oxygen atoms in total. The molecule has 0 aliphatic rings. The average molecular weight is 1070 g/mol. The second-order valence-electron chi connectivity index (χ2n) is 20.6. The summed E-state index contributed by atoms with van der Waals surface area (Å²) in [6.07, 6.45) is 47.2. The Morgan fingerprint density at radius 3 is 1.13 bits per heavy atom. The molecule has 5 aromatic heterocycles. The maximum atomic E-state index is 4.95. The van der Waals surface area contributed by atoms with Crippen molar-refractivity contribution >= 4 is 104 Å². The summed E-state index contributed by atoms with van der Waals surface area (Å²) in [7, 11) is 0. The number of rotatable bonds is 38. The van der Waals surface area contributed by atoms with Crippen LogP contribution in [0, 0.1) is 18.8 Å². The summed E-state index contributed by atoms with van der Waals surface area (Å²) in [5, 5.41) is 2.58. The molecule has 0 amide bonds. The molecule has 0 bridgehead atoms. The Morgan fingerprint density at radius 2 is 0.731 bits per heavy atom. The highest BCUT2D eigenvalue weighted by Crippen LogP contribution is 2.50. The second kappa shape index (κ2) is 31.3. The van der Waals surface area contributed by atoms with Crippen molar-refractivity contribution in [3.63, 3.8) is 0 Å². The van der Waals surface area contributed by atoms with Crippen molar-refractivity contribution in [1.82, 2.24) is 8.75 Å². The van der Waals surface area contributed by atoms with Crippen molar-refractivity contribution in [2.24, 2.45) is 11.8 Å². The lowest BCUT2D eigenvalue weighted by atomic mass is 9.88. The fraction of sp³-hybridized carbons (Fsp3) is 0.695. The van der Waals surface area contributed by atoms with Gasteiger partial charge in [0, 0.05) is 35.2 Å². The van der Waals surface area contributed by atoms with Gasteiger partial charge in [0.15, 0.2) is 0 Å². The average Bonchev–Trinajstić information content (AvgIpc) is 4.18. The van der Waals surface area contributed by atoms with Gasteiger partial charge in [-0.1, -0.05) is 233 Å². The number of nitrogens with zero attached hydrogens (tertiary/aromatic N) is 2. The summed E-state index contributed by atoms with van der Waals surface area (Å²) < 4.78 is 14.0. The number of benzene rings is 1. The van der Waals surface area contributed by atoms with Gasteiger partial charge >= 0.3 is 0 Å². The molecule has 6 rings (SSSR count). The summed E-state index contributed by atoms with van der Waals surface area (Å²) in [5.74, 6) is 1.58. The maximum absolute atomic E-state index is 4.95. The Labute approximate surface area is 437 Å². The van der Waals surface area contributed by atoms with Gasteiger partial charge in [-0.2, -0.15) is 8.75 Å². The Balaban J connectivity index is 1.16. The molecule has 0 saturated carbocycles. The molecule has 8 heteroatoms. The van der Waals surface area contributed by atoms with E-state index in [4.69, 9.17) is 8.75 Å². The number of fused-ring (bicyclic) bond motifs is 6. The Morgan fingerprint density at radius 1 is 0.403 bits per heavy atom. The smallest absolute Gasteiger partial charge is 0.114 e. The van der Waals surface area contributed by atoms with Crippen molar-refractivity contribution < 1.29 is 0 Å². The lowest BCUT2D eigenvalue weighted by Gasteiger charge is -2.17. The third kappa shape index (κ3) is 17.5. The molecule has 0 fully saturated rings. The molecule has 0 N–H and O–H groups in total. The molecule has 372 valence electrons. The van der Waals surface area contributed by atoms with Crippen LogP contribution in [-0.2, 0) is 12.8 Å². The van der Waals surface area contributed by atoms with Gasteiger partial charge in [0.25, 0.3) is 0 Å². The first-order valence-corrected chi connectivity index (χ1v) is 32.7. The Bertz CT molecular complexity index is 2100. The molecular weight excluding hydrogens is 977 g/mol. The standard InChI is InChI=1S/C59H89BrN2S5/c1-6-10-14-18-22-24-28-32-35-45(34-30-26-20-16-12-8-3)38-47-40-51(63-44(47)5)53-42-49-55-56(62-67-61-55)50-43-54(65-58(50)57(49)64-53)52-41-48(59(60)66-52)39-46(36-31-27-21-17-13-9-4)37-33-29-25-23-19-15-11-7-2/h40-43,45-46H,6-39H2,1-5H3. The molecular formula is C59H89BrN2S5. The number of hydrogen-bond acceptors (Lipinski definition) is 7. The third-order valence-corrected chi connectivity index (χ3v) is 21.2. The van der Waals surface area contributed by atoms with Crippen molar-refractivity contribution in [2.45, 2.75) is 253 Å². The first kappa shape index (κ1) is 55.2. The minimum absolute atomic E-state index is 0.778. The van der Waals surface area contributed by atoms with Gasteiger partial charge in [0.2, 0.25) is 0 Å². The van der Waals surface area contributed by atoms with Gasteiger partial charge in [-0.25, -0.2) is 0 Å². The molecule has 1 aromatic carbocycles. The van der Waals surface area contributed by atoms with Crippen LogP contribution in [0.4, 0.5) is 0 Å². The quantitative estimate of drug-likeness (QED) is 0.0361. The SMILES string of the molecule is CCCCCCCCCCC(CCCCCCCC)Cc1cc(-c2cc3c4nsnc4c4cc(-c5cc(CC(CCCCCCCC)CCCCCCCCCC)c(Br)s5)sc4c3s2)sc1C. The number of hydrogen-bond donors (Lipinski definition) is 0. The molecule has 0 radical (unpaired) electrons. The highest BCUT2D eigenvalue weighted by molar-refractivity contribution is 9.11. The Hall–Kier alpha value is -1.16. The van der Waals surface area contributed by atoms with Gasteiger partial charge < -0.3 is 0 Å². The van der Waals surface area contributed by atoms with E-state index in [0.717, 1.165) is 22.9 Å². The fourth-order valence-electron chi connectivity index (χ4n) is 10.6. The second-order valence-corrected chi connectivity index (χ2v) is 26.8. The fourth-order valence-corrected chi connectivity index (χ4v) is 16.6. The molecule has 6 aromatic rings. The largest absolute Gasteiger partial charge is 0.172 e. The molecule has 0 saturated heterocycles. The molecule has 2 unspecified atom stereocenters. The molecule has 0 aliphatic carbocycles. The van der Waals surface area contributed by atoms with E-state index in [2.05, 4.69) is 74.8 Å². The lowest BCUT2D eigenvalue weighted by Crippen LogP contribution is -2.05. The molecule has 2 atom stereocenters. The normalized spacial score (nSPS) is 13.0. The van der Waals surface area contributed by atoms with Gasteiger partial charge in [-0.05, 0) is 82.9 Å². The predicted octanol–water partition coefficient (Wildman–Crippen LogP) is 23.5. The molecule has 67 heavy (non-hydrogen) atoms. The number of unbranched alkanes of at least 4 members (excludes halogenated alkanes) is 24. The van der Waals surface area contributed by atoms with E-state index in [9.17, 15) is 0 Å². The third-order valence-electron chi connectivity index (χ3n) is 14.8. The van der Waals surface area contributed by atoms with Crippen LogP contribution in [0.5, 0.6) is 0 Å². The zero-order valence-corrected chi connectivity index (χ0v) is 48.5. The van der Waals surface area contributed by atoms with Crippen LogP contribution in [-0.4, -0.2) is 8.75 Å². The van der Waals surface area contributed by atoms with E-state index < -0.39 is 0 Å². The summed E-state index contributed by atoms with van der Waals surface area (Å²) in [6, 6.07) is 10.0. The summed E-state index contributed by atoms with van der Waals surface area (Å²) in [4.78, 5) is 7.13. The Kier molecular flexibility index (Phi) is 25.8. The minimum atomic E-state index is 0.778. The van der Waals surface area contributed by atoms with Gasteiger partial charge in [0.05, 0.1) is 24.9 Å². The van der Waals surface area contributed by atoms with E-state index in [0.29, 0.717) is 0 Å². The zero-order chi connectivity index (χ0) is 47.1. The van der Waals surface area contributed by atoms with Crippen LogP contribution < -0.4 is 0 Å². The number of aromatic nitrogens is 2. The van der Waals surface area contributed by atoms with E-state index in [1.807, 2.05) is 45.3 Å². The van der Waals surface area contributed by atoms with E-state index in [1.54, 1.807) is 5.56 Å². The monoisotopic (exact) mass is 1060 g/mol. The van der Waals surface area contributed by atoms with E-state index >= 15 is 0 Å². The minimum Gasteiger partial charge on any atom is -0.172 e. The van der Waals surface area contributed by atoms with E-state index in [-0.39, 0.29) is 0 Å². The predicted molar refractivity (Wildman–Crippen MR) is 312 cm³/mol. The highest BCUT2D eigenvalue weighted by Gasteiger charge is 2.23. The number of aryl methyl sites for hydroxylation is 1. The van der Waals surface area contributed by atoms with Crippen molar-refractivity contribution in [1.29, 1.82) is 0 Å². The summed E-state index contributed by atoms with van der Waals surface area (Å²) in [5.41, 5.74) is 5.29. The zero-order valence-electron chi connectivity index (χ0n) is 42.8. The van der Waals surface area contributed by atoms with Crippen molar-refractivity contribution in [2.75, 3.05) is 0 Å². The topological polar surface area (TPSA) is 25.8 Å². The number of thiophene rings is 4.